The second-order valence-electron chi connectivity index (χ2n) is 4.19. The molecule has 0 aliphatic rings. The van der Waals surface area contributed by atoms with E-state index in [0.717, 1.165) is 16.6 Å². The Morgan fingerprint density at radius 3 is 2.95 bits per heavy atom. The minimum Gasteiger partial charge on any atom is -0.282 e. The number of hydrogen-bond donors (Lipinski definition) is 2. The van der Waals surface area contributed by atoms with E-state index in [4.69, 9.17) is 0 Å². The lowest BCUT2D eigenvalue weighted by Gasteiger charge is -2.04. The third-order valence-corrected chi connectivity index (χ3v) is 2.30. The van der Waals surface area contributed by atoms with Crippen LogP contribution in [0.15, 0.2) is 23.4 Å². The number of aromatic amines is 1. The molecule has 2 rings (SSSR count). The molecule has 2 aromatic heterocycles. The van der Waals surface area contributed by atoms with Gasteiger partial charge in [-0.15, -0.1) is 0 Å². The van der Waals surface area contributed by atoms with Gasteiger partial charge in [0.25, 0.3) is 5.91 Å². The third kappa shape index (κ3) is 4.44. The van der Waals surface area contributed by atoms with E-state index in [2.05, 4.69) is 25.8 Å². The zero-order chi connectivity index (χ0) is 15.5. The molecule has 7 nitrogen and oxygen atoms in total. The lowest BCUT2D eigenvalue weighted by molar-refractivity contribution is -0.142. The first-order valence-electron chi connectivity index (χ1n) is 5.79. The van der Waals surface area contributed by atoms with Crippen molar-refractivity contribution in [1.29, 1.82) is 0 Å². The fourth-order valence-corrected chi connectivity index (χ4v) is 1.47. The average Bonchev–Trinajstić information content (AvgIpc) is 2.96. The molecule has 0 fully saturated rings. The molecule has 0 radical (unpaired) electrons. The van der Waals surface area contributed by atoms with E-state index in [1.165, 1.54) is 18.3 Å². The molecule has 0 spiro atoms. The van der Waals surface area contributed by atoms with Gasteiger partial charge < -0.3 is 0 Å². The maximum Gasteiger partial charge on any atom is 0.408 e. The summed E-state index contributed by atoms with van der Waals surface area (Å²) in [7, 11) is 0. The number of H-pyrrole nitrogens is 1. The van der Waals surface area contributed by atoms with Crippen LogP contribution in [0.25, 0.3) is 0 Å². The number of amides is 1. The van der Waals surface area contributed by atoms with Crippen LogP contribution in [0, 0.1) is 6.92 Å². The van der Waals surface area contributed by atoms with Gasteiger partial charge in [0, 0.05) is 11.9 Å². The van der Waals surface area contributed by atoms with Gasteiger partial charge in [-0.05, 0) is 19.1 Å². The third-order valence-electron chi connectivity index (χ3n) is 2.30. The number of aryl methyl sites for hydroxylation is 1. The highest BCUT2D eigenvalue weighted by Gasteiger charge is 2.28. The predicted molar refractivity (Wildman–Crippen MR) is 66.7 cm³/mol. The molecule has 0 atom stereocenters. The normalized spacial score (nSPS) is 12.0. The summed E-state index contributed by atoms with van der Waals surface area (Å²) in [6.07, 6.45) is -2.02. The summed E-state index contributed by atoms with van der Waals surface area (Å²) in [5.74, 6) is -0.537. The Labute approximate surface area is 116 Å². The van der Waals surface area contributed by atoms with Crippen molar-refractivity contribution in [2.45, 2.75) is 19.6 Å². The van der Waals surface area contributed by atoms with Crippen LogP contribution >= 0.6 is 0 Å². The molecule has 1 amide bonds. The molecule has 2 aromatic rings. The molecule has 21 heavy (non-hydrogen) atoms. The topological polar surface area (TPSA) is 88.0 Å². The van der Waals surface area contributed by atoms with E-state index in [9.17, 15) is 18.0 Å². The van der Waals surface area contributed by atoms with Crippen molar-refractivity contribution in [2.75, 3.05) is 0 Å². The van der Waals surface area contributed by atoms with Gasteiger partial charge in [0.1, 0.15) is 12.2 Å². The van der Waals surface area contributed by atoms with E-state index in [1.807, 2.05) is 0 Å². The maximum absolute atomic E-state index is 12.1. The van der Waals surface area contributed by atoms with Crippen LogP contribution in [-0.2, 0) is 6.54 Å². The van der Waals surface area contributed by atoms with E-state index in [1.54, 1.807) is 6.92 Å². The maximum atomic E-state index is 12.1. The molecule has 0 aromatic carbocycles. The molecule has 0 aliphatic heterocycles. The minimum absolute atomic E-state index is 0.159. The van der Waals surface area contributed by atoms with Crippen molar-refractivity contribution < 1.29 is 18.0 Å². The fraction of sp³-hybridized carbons (Fsp3) is 0.273. The van der Waals surface area contributed by atoms with Crippen molar-refractivity contribution in [2.24, 2.45) is 5.10 Å². The van der Waals surface area contributed by atoms with Crippen LogP contribution in [0.1, 0.15) is 21.9 Å². The van der Waals surface area contributed by atoms with Crippen molar-refractivity contribution in [3.63, 3.8) is 0 Å². The van der Waals surface area contributed by atoms with Gasteiger partial charge in [-0.3, -0.25) is 14.6 Å². The molecule has 0 unspecified atom stereocenters. The molecule has 2 N–H and O–H groups in total. The molecule has 0 bridgehead atoms. The summed E-state index contributed by atoms with van der Waals surface area (Å²) in [5, 5.41) is 13.6. The van der Waals surface area contributed by atoms with Gasteiger partial charge in [-0.25, -0.2) is 5.43 Å². The Morgan fingerprint density at radius 1 is 1.57 bits per heavy atom. The van der Waals surface area contributed by atoms with Gasteiger partial charge in [0.05, 0.1) is 6.21 Å². The number of carbonyl (C=O) groups excluding carboxylic acids is 1. The first-order valence-corrected chi connectivity index (χ1v) is 5.79. The van der Waals surface area contributed by atoms with Crippen LogP contribution in [0.4, 0.5) is 13.2 Å². The number of halogens is 3. The fourth-order valence-electron chi connectivity index (χ4n) is 1.47. The quantitative estimate of drug-likeness (QED) is 0.658. The van der Waals surface area contributed by atoms with Crippen LogP contribution in [0.2, 0.25) is 0 Å². The van der Waals surface area contributed by atoms with Crippen molar-refractivity contribution >= 4 is 12.1 Å². The lowest BCUT2D eigenvalue weighted by Crippen LogP contribution is -2.19. The number of nitrogens with zero attached hydrogens (tertiary/aromatic N) is 4. The number of hydrogen-bond acceptors (Lipinski definition) is 4. The van der Waals surface area contributed by atoms with Gasteiger partial charge in [0.15, 0.2) is 5.69 Å². The summed E-state index contributed by atoms with van der Waals surface area (Å²) in [6, 6.07) is 2.88. The zero-order valence-corrected chi connectivity index (χ0v) is 10.8. The first-order chi connectivity index (χ1) is 9.83. The lowest BCUT2D eigenvalue weighted by atomic mass is 10.4. The highest BCUT2D eigenvalue weighted by molar-refractivity contribution is 5.92. The molecular weight excluding hydrogens is 289 g/mol. The van der Waals surface area contributed by atoms with Gasteiger partial charge in [-0.2, -0.15) is 28.5 Å². The van der Waals surface area contributed by atoms with Crippen LogP contribution < -0.4 is 5.43 Å². The first kappa shape index (κ1) is 14.8. The second-order valence-corrected chi connectivity index (χ2v) is 4.19. The van der Waals surface area contributed by atoms with Crippen molar-refractivity contribution in [1.82, 2.24) is 25.4 Å². The van der Waals surface area contributed by atoms with Gasteiger partial charge in [-0.1, -0.05) is 0 Å². The van der Waals surface area contributed by atoms with Crippen LogP contribution in [0.5, 0.6) is 0 Å². The summed E-state index contributed by atoms with van der Waals surface area (Å²) in [6.45, 7) is 0.556. The number of alkyl halides is 3. The molecule has 2 heterocycles. The van der Waals surface area contributed by atoms with E-state index in [0.29, 0.717) is 0 Å². The summed E-state index contributed by atoms with van der Waals surface area (Å²) >= 11 is 0. The number of rotatable bonds is 4. The highest BCUT2D eigenvalue weighted by Crippen LogP contribution is 2.16. The number of aromatic nitrogens is 4. The highest BCUT2D eigenvalue weighted by atomic mass is 19.4. The monoisotopic (exact) mass is 300 g/mol. The Balaban J connectivity index is 1.91. The molecule has 0 saturated carbocycles. The molecule has 0 saturated heterocycles. The number of hydrazone groups is 1. The van der Waals surface area contributed by atoms with E-state index >= 15 is 0 Å². The largest absolute Gasteiger partial charge is 0.408 e. The van der Waals surface area contributed by atoms with Gasteiger partial charge >= 0.3 is 6.18 Å². The summed E-state index contributed by atoms with van der Waals surface area (Å²) < 4.78 is 37.1. The summed E-state index contributed by atoms with van der Waals surface area (Å²) in [5.41, 5.74) is 3.26. The average molecular weight is 300 g/mol. The smallest absolute Gasteiger partial charge is 0.282 e. The molecule has 0 aliphatic carbocycles. The van der Waals surface area contributed by atoms with E-state index in [-0.39, 0.29) is 11.4 Å². The van der Waals surface area contributed by atoms with Gasteiger partial charge in [0.2, 0.25) is 0 Å². The predicted octanol–water partition coefficient (Wildman–Crippen LogP) is 1.24. The molecule has 112 valence electrons. The standard InChI is InChI=1S/C11H11F3N6O/c1-7-4-9(17-16-7)10(21)18-15-5-8-2-3-20(19-8)6-11(12,13)14/h2-5H,6H2,1H3,(H,16,17)(H,18,21)/b15-5+. The Kier molecular flexibility index (Phi) is 4.05. The van der Waals surface area contributed by atoms with Crippen LogP contribution in [0.3, 0.4) is 0 Å². The Bertz CT molecular complexity index is 657. The SMILES string of the molecule is Cc1cc(C(=O)N/N=C/c2ccn(CC(F)(F)F)n2)n[nH]1. The second kappa shape index (κ2) is 5.77. The molecular formula is C11H11F3N6O. The van der Waals surface area contributed by atoms with E-state index < -0.39 is 18.6 Å². The zero-order valence-electron chi connectivity index (χ0n) is 10.8. The van der Waals surface area contributed by atoms with Crippen LogP contribution in [-0.4, -0.2) is 38.3 Å². The van der Waals surface area contributed by atoms with Crippen molar-refractivity contribution in [3.05, 3.63) is 35.4 Å². The molecule has 10 heteroatoms. The Hall–Kier alpha value is -2.65. The Morgan fingerprint density at radius 2 is 2.33 bits per heavy atom. The minimum atomic E-state index is -4.34. The number of nitrogens with one attached hydrogen (secondary N) is 2. The number of carbonyl (C=O) groups is 1. The van der Waals surface area contributed by atoms with Crippen molar-refractivity contribution in [3.8, 4) is 0 Å². The summed E-state index contributed by atoms with van der Waals surface area (Å²) in [4.78, 5) is 11.6.